The van der Waals surface area contributed by atoms with Crippen LogP contribution in [0.5, 0.6) is 11.5 Å². The number of aromatic nitrogens is 4. The second kappa shape index (κ2) is 5.63. The van der Waals surface area contributed by atoms with Crippen LogP contribution in [0, 0.1) is 6.92 Å². The van der Waals surface area contributed by atoms with Crippen molar-refractivity contribution >= 4 is 16.3 Å². The molecule has 5 rings (SSSR count). The molecule has 0 saturated heterocycles. The molecule has 8 heteroatoms. The summed E-state index contributed by atoms with van der Waals surface area (Å²) >= 11 is 1.30. The molecule has 26 heavy (non-hydrogen) atoms. The first-order valence-electron chi connectivity index (χ1n) is 7.93. The number of hydrogen-bond acceptors (Lipinski definition) is 7. The van der Waals surface area contributed by atoms with Gasteiger partial charge in [0.25, 0.3) is 0 Å². The molecular formula is C18H12N4O3S. The van der Waals surface area contributed by atoms with Crippen molar-refractivity contribution in [1.82, 2.24) is 19.8 Å². The molecule has 1 aliphatic heterocycles. The molecule has 0 atom stereocenters. The van der Waals surface area contributed by atoms with Crippen LogP contribution in [0.15, 0.2) is 47.3 Å². The van der Waals surface area contributed by atoms with Gasteiger partial charge in [-0.3, -0.25) is 4.79 Å². The number of hydrogen-bond donors (Lipinski definition) is 0. The van der Waals surface area contributed by atoms with E-state index in [9.17, 15) is 4.79 Å². The zero-order chi connectivity index (χ0) is 17.7. The first kappa shape index (κ1) is 15.0. The van der Waals surface area contributed by atoms with Gasteiger partial charge in [-0.25, -0.2) is 0 Å². The van der Waals surface area contributed by atoms with Gasteiger partial charge in [0.1, 0.15) is 5.01 Å². The summed E-state index contributed by atoms with van der Waals surface area (Å²) in [6.07, 6.45) is 0. The maximum absolute atomic E-state index is 12.8. The molecule has 4 aromatic rings. The lowest BCUT2D eigenvalue weighted by Crippen LogP contribution is -2.19. The fourth-order valence-electron chi connectivity index (χ4n) is 2.75. The van der Waals surface area contributed by atoms with Gasteiger partial charge in [0, 0.05) is 11.1 Å². The predicted octanol–water partition coefficient (Wildman–Crippen LogP) is 2.92. The monoisotopic (exact) mass is 364 g/mol. The molecule has 0 amide bonds. The molecule has 0 unspecified atom stereocenters. The number of benzene rings is 2. The summed E-state index contributed by atoms with van der Waals surface area (Å²) in [5, 5.41) is 13.4. The number of rotatable bonds is 2. The second-order valence-electron chi connectivity index (χ2n) is 5.89. The third-order valence-electron chi connectivity index (χ3n) is 4.13. The quantitative estimate of drug-likeness (QED) is 0.544. The van der Waals surface area contributed by atoms with E-state index in [1.807, 2.05) is 49.4 Å². The van der Waals surface area contributed by atoms with Gasteiger partial charge in [0.15, 0.2) is 17.2 Å². The van der Waals surface area contributed by atoms with Crippen molar-refractivity contribution in [3.8, 4) is 33.3 Å². The summed E-state index contributed by atoms with van der Waals surface area (Å²) < 4.78 is 12.0. The Kier molecular flexibility index (Phi) is 3.26. The Morgan fingerprint density at radius 2 is 1.77 bits per heavy atom. The molecule has 1 aliphatic rings. The highest BCUT2D eigenvalue weighted by atomic mass is 32.1. The van der Waals surface area contributed by atoms with Crippen LogP contribution >= 0.6 is 11.3 Å². The molecule has 2 aromatic carbocycles. The zero-order valence-corrected chi connectivity index (χ0v) is 14.5. The van der Waals surface area contributed by atoms with Crippen molar-refractivity contribution in [2.45, 2.75) is 6.92 Å². The van der Waals surface area contributed by atoms with Crippen molar-refractivity contribution in [3.63, 3.8) is 0 Å². The lowest BCUT2D eigenvalue weighted by Gasteiger charge is -1.99. The van der Waals surface area contributed by atoms with E-state index in [4.69, 9.17) is 9.47 Å². The Hall–Kier alpha value is -3.26. The molecule has 0 radical (unpaired) electrons. The Labute approximate surface area is 151 Å². The molecule has 0 aliphatic carbocycles. The van der Waals surface area contributed by atoms with Gasteiger partial charge in [-0.2, -0.15) is 9.61 Å². The smallest absolute Gasteiger partial charge is 0.302 e. The van der Waals surface area contributed by atoms with Gasteiger partial charge in [-0.15, -0.1) is 10.2 Å². The summed E-state index contributed by atoms with van der Waals surface area (Å²) in [6, 6.07) is 13.1. The van der Waals surface area contributed by atoms with E-state index < -0.39 is 0 Å². The maximum atomic E-state index is 12.8. The topological polar surface area (TPSA) is 78.6 Å². The van der Waals surface area contributed by atoms with Crippen LogP contribution in [-0.2, 0) is 0 Å². The van der Waals surface area contributed by atoms with E-state index >= 15 is 0 Å². The van der Waals surface area contributed by atoms with Gasteiger partial charge >= 0.3 is 5.56 Å². The molecule has 2 aromatic heterocycles. The third kappa shape index (κ3) is 2.34. The van der Waals surface area contributed by atoms with E-state index in [0.717, 1.165) is 16.7 Å². The van der Waals surface area contributed by atoms with Gasteiger partial charge in [0.2, 0.25) is 11.8 Å². The second-order valence-corrected chi connectivity index (χ2v) is 6.85. The zero-order valence-electron chi connectivity index (χ0n) is 13.7. The Balaban J connectivity index is 1.63. The lowest BCUT2D eigenvalue weighted by atomic mass is 10.1. The Bertz CT molecular complexity index is 1200. The molecule has 7 nitrogen and oxygen atoms in total. The minimum atomic E-state index is -0.290. The molecular weight excluding hydrogens is 352 g/mol. The predicted molar refractivity (Wildman–Crippen MR) is 96.7 cm³/mol. The van der Waals surface area contributed by atoms with Crippen LogP contribution in [0.25, 0.3) is 26.8 Å². The van der Waals surface area contributed by atoms with Crippen LogP contribution in [0.3, 0.4) is 0 Å². The van der Waals surface area contributed by atoms with Gasteiger partial charge in [0.05, 0.1) is 0 Å². The average molecular weight is 364 g/mol. The maximum Gasteiger partial charge on any atom is 0.302 e. The fourth-order valence-corrected chi connectivity index (χ4v) is 3.59. The molecule has 0 fully saturated rings. The third-order valence-corrected chi connectivity index (χ3v) is 5.08. The SMILES string of the molecule is Cc1ccc(-c2nnc3sc(-c4ccc5c(c4)OCO5)nn3c2=O)cc1. The summed E-state index contributed by atoms with van der Waals surface area (Å²) in [5.74, 6) is 1.37. The number of ether oxygens (including phenoxy) is 2. The Morgan fingerprint density at radius 3 is 2.62 bits per heavy atom. The highest BCUT2D eigenvalue weighted by molar-refractivity contribution is 7.19. The molecule has 0 saturated carbocycles. The summed E-state index contributed by atoms with van der Waals surface area (Å²) in [5.41, 5.74) is 2.66. The van der Waals surface area contributed by atoms with Gasteiger partial charge in [-0.05, 0) is 25.1 Å². The van der Waals surface area contributed by atoms with Crippen molar-refractivity contribution in [2.75, 3.05) is 6.79 Å². The van der Waals surface area contributed by atoms with Crippen LogP contribution in [0.4, 0.5) is 0 Å². The van der Waals surface area contributed by atoms with Crippen molar-refractivity contribution in [1.29, 1.82) is 0 Å². The molecule has 0 spiro atoms. The highest BCUT2D eigenvalue weighted by Gasteiger charge is 2.18. The molecule has 3 heterocycles. The van der Waals surface area contributed by atoms with Crippen molar-refractivity contribution < 1.29 is 9.47 Å². The number of fused-ring (bicyclic) bond motifs is 2. The summed E-state index contributed by atoms with van der Waals surface area (Å²) in [6.45, 7) is 2.20. The first-order valence-corrected chi connectivity index (χ1v) is 8.74. The number of aryl methyl sites for hydroxylation is 1. The van der Waals surface area contributed by atoms with Crippen LogP contribution in [0.1, 0.15) is 5.56 Å². The summed E-state index contributed by atoms with van der Waals surface area (Å²) in [7, 11) is 0. The minimum absolute atomic E-state index is 0.212. The van der Waals surface area contributed by atoms with E-state index in [2.05, 4.69) is 15.3 Å². The van der Waals surface area contributed by atoms with Crippen LogP contribution in [0.2, 0.25) is 0 Å². The van der Waals surface area contributed by atoms with Crippen LogP contribution < -0.4 is 15.0 Å². The molecule has 0 bridgehead atoms. The first-order chi connectivity index (χ1) is 12.7. The molecule has 128 valence electrons. The highest BCUT2D eigenvalue weighted by Crippen LogP contribution is 2.36. The van der Waals surface area contributed by atoms with Crippen molar-refractivity contribution in [2.24, 2.45) is 0 Å². The summed E-state index contributed by atoms with van der Waals surface area (Å²) in [4.78, 5) is 13.2. The standard InChI is InChI=1S/C18H12N4O3S/c1-10-2-4-11(5-3-10)15-17(23)22-18(20-19-15)26-16(21-22)12-6-7-13-14(8-12)25-9-24-13/h2-8H,9H2,1H3. The average Bonchev–Trinajstić information content (AvgIpc) is 3.29. The fraction of sp³-hybridized carbons (Fsp3) is 0.111. The van der Waals surface area contributed by atoms with E-state index in [-0.39, 0.29) is 18.0 Å². The molecule has 0 N–H and O–H groups in total. The van der Waals surface area contributed by atoms with E-state index in [0.29, 0.717) is 21.5 Å². The minimum Gasteiger partial charge on any atom is -0.454 e. The van der Waals surface area contributed by atoms with Crippen molar-refractivity contribution in [3.05, 3.63) is 58.4 Å². The van der Waals surface area contributed by atoms with Gasteiger partial charge < -0.3 is 9.47 Å². The Morgan fingerprint density at radius 1 is 1.00 bits per heavy atom. The lowest BCUT2D eigenvalue weighted by molar-refractivity contribution is 0.174. The van der Waals surface area contributed by atoms with Gasteiger partial charge in [-0.1, -0.05) is 41.2 Å². The number of nitrogens with zero attached hydrogens (tertiary/aromatic N) is 4. The largest absolute Gasteiger partial charge is 0.454 e. The van der Waals surface area contributed by atoms with E-state index in [1.54, 1.807) is 0 Å². The van der Waals surface area contributed by atoms with E-state index in [1.165, 1.54) is 15.9 Å². The normalized spacial score (nSPS) is 12.7. The van der Waals surface area contributed by atoms with Crippen LogP contribution in [-0.4, -0.2) is 26.6 Å².